The fraction of sp³-hybridized carbons (Fsp3) is 0.429. The minimum atomic E-state index is -0.659. The molecule has 0 aliphatic carbocycles. The van der Waals surface area contributed by atoms with E-state index >= 15 is 0 Å². The summed E-state index contributed by atoms with van der Waals surface area (Å²) in [6.45, 7) is 3.99. The zero-order valence-electron chi connectivity index (χ0n) is 10.6. The Hall–Kier alpha value is -1.34. The lowest BCUT2D eigenvalue weighted by atomic mass is 9.80. The lowest BCUT2D eigenvalue weighted by molar-refractivity contribution is -0.143. The van der Waals surface area contributed by atoms with Crippen LogP contribution in [-0.4, -0.2) is 12.6 Å². The Balaban J connectivity index is 2.77. The number of nitriles is 1. The molecule has 1 rings (SSSR count). The molecule has 0 bridgehead atoms. The van der Waals surface area contributed by atoms with E-state index in [2.05, 4.69) is 22.0 Å². The molecule has 0 saturated heterocycles. The molecule has 0 aromatic heterocycles. The summed E-state index contributed by atoms with van der Waals surface area (Å²) < 4.78 is 5.85. The van der Waals surface area contributed by atoms with Crippen molar-refractivity contribution in [1.82, 2.24) is 0 Å². The van der Waals surface area contributed by atoms with Gasteiger partial charge in [0.2, 0.25) is 0 Å². The highest BCUT2D eigenvalue weighted by Gasteiger charge is 2.27. The van der Waals surface area contributed by atoms with Gasteiger partial charge < -0.3 is 4.74 Å². The maximum atomic E-state index is 11.4. The molecule has 0 aliphatic rings. The van der Waals surface area contributed by atoms with Gasteiger partial charge in [0.1, 0.15) is 0 Å². The standard InChI is InChI=1S/C14H16BrNO2/c1-3-18-13(17)8-9-14(2,10-16)11-4-6-12(15)7-5-11/h4-7H,3,8-9H2,1-2H3. The van der Waals surface area contributed by atoms with Crippen LogP contribution in [0, 0.1) is 11.3 Å². The average Bonchev–Trinajstić information content (AvgIpc) is 2.37. The van der Waals surface area contributed by atoms with Crippen LogP contribution in [0.3, 0.4) is 0 Å². The average molecular weight is 310 g/mol. The second kappa shape index (κ2) is 6.55. The number of carbonyl (C=O) groups excluding carboxylic acids is 1. The third-order valence-electron chi connectivity index (χ3n) is 2.86. The molecular formula is C14H16BrNO2. The van der Waals surface area contributed by atoms with E-state index in [9.17, 15) is 10.1 Å². The van der Waals surface area contributed by atoms with Crippen LogP contribution in [-0.2, 0) is 14.9 Å². The van der Waals surface area contributed by atoms with E-state index in [1.165, 1.54) is 0 Å². The minimum Gasteiger partial charge on any atom is -0.466 e. The lowest BCUT2D eigenvalue weighted by Crippen LogP contribution is -2.21. The fourth-order valence-electron chi connectivity index (χ4n) is 1.67. The van der Waals surface area contributed by atoms with Gasteiger partial charge in [-0.3, -0.25) is 4.79 Å². The van der Waals surface area contributed by atoms with Gasteiger partial charge in [-0.25, -0.2) is 0 Å². The second-order valence-corrected chi connectivity index (χ2v) is 5.17. The Morgan fingerprint density at radius 2 is 2.06 bits per heavy atom. The first-order valence-electron chi connectivity index (χ1n) is 5.85. The molecule has 1 aromatic carbocycles. The molecule has 4 heteroatoms. The molecule has 0 amide bonds. The molecule has 1 unspecified atom stereocenters. The fourth-order valence-corrected chi connectivity index (χ4v) is 1.93. The third kappa shape index (κ3) is 3.85. The van der Waals surface area contributed by atoms with Crippen molar-refractivity contribution >= 4 is 21.9 Å². The second-order valence-electron chi connectivity index (χ2n) is 4.26. The molecule has 96 valence electrons. The first kappa shape index (κ1) is 14.7. The van der Waals surface area contributed by atoms with Crippen molar-refractivity contribution < 1.29 is 9.53 Å². The van der Waals surface area contributed by atoms with Crippen LogP contribution in [0.4, 0.5) is 0 Å². The molecule has 0 aliphatic heterocycles. The van der Waals surface area contributed by atoms with Crippen LogP contribution in [0.5, 0.6) is 0 Å². The number of carbonyl (C=O) groups is 1. The summed E-state index contributed by atoms with van der Waals surface area (Å²) in [5.74, 6) is -0.254. The van der Waals surface area contributed by atoms with Gasteiger partial charge in [-0.1, -0.05) is 28.1 Å². The first-order valence-corrected chi connectivity index (χ1v) is 6.64. The number of esters is 1. The van der Waals surface area contributed by atoms with Gasteiger partial charge in [-0.15, -0.1) is 0 Å². The Bertz CT molecular complexity index is 450. The maximum absolute atomic E-state index is 11.4. The zero-order valence-corrected chi connectivity index (χ0v) is 12.2. The summed E-state index contributed by atoms with van der Waals surface area (Å²) in [6.07, 6.45) is 0.720. The monoisotopic (exact) mass is 309 g/mol. The summed E-state index contributed by atoms with van der Waals surface area (Å²) in [5, 5.41) is 9.34. The highest BCUT2D eigenvalue weighted by Crippen LogP contribution is 2.29. The molecule has 3 nitrogen and oxygen atoms in total. The van der Waals surface area contributed by atoms with Crippen LogP contribution in [0.1, 0.15) is 32.3 Å². The number of nitrogens with zero attached hydrogens (tertiary/aromatic N) is 1. The van der Waals surface area contributed by atoms with E-state index in [0.29, 0.717) is 13.0 Å². The molecule has 0 N–H and O–H groups in total. The molecule has 1 aromatic rings. The Kier molecular flexibility index (Phi) is 5.36. The van der Waals surface area contributed by atoms with Crippen LogP contribution in [0.2, 0.25) is 0 Å². The number of halogens is 1. The smallest absolute Gasteiger partial charge is 0.305 e. The molecule has 0 fully saturated rings. The molecular weight excluding hydrogens is 294 g/mol. The molecule has 1 atom stereocenters. The van der Waals surface area contributed by atoms with E-state index < -0.39 is 5.41 Å². The Morgan fingerprint density at radius 1 is 1.44 bits per heavy atom. The lowest BCUT2D eigenvalue weighted by Gasteiger charge is -2.21. The van der Waals surface area contributed by atoms with Crippen molar-refractivity contribution in [3.63, 3.8) is 0 Å². The van der Waals surface area contributed by atoms with E-state index in [4.69, 9.17) is 4.74 Å². The normalized spacial score (nSPS) is 13.4. The van der Waals surface area contributed by atoms with Crippen LogP contribution in [0.15, 0.2) is 28.7 Å². The van der Waals surface area contributed by atoms with Crippen molar-refractivity contribution in [3.8, 4) is 6.07 Å². The van der Waals surface area contributed by atoms with Gasteiger partial charge in [-0.2, -0.15) is 5.26 Å². The van der Waals surface area contributed by atoms with Crippen LogP contribution >= 0.6 is 15.9 Å². The zero-order chi connectivity index (χ0) is 13.6. The van der Waals surface area contributed by atoms with Gasteiger partial charge >= 0.3 is 5.97 Å². The molecule has 0 heterocycles. The molecule has 0 spiro atoms. The van der Waals surface area contributed by atoms with E-state index in [-0.39, 0.29) is 12.4 Å². The predicted molar refractivity (Wildman–Crippen MR) is 73.0 cm³/mol. The van der Waals surface area contributed by atoms with Crippen molar-refractivity contribution in [2.45, 2.75) is 32.1 Å². The topological polar surface area (TPSA) is 50.1 Å². The van der Waals surface area contributed by atoms with Crippen molar-refractivity contribution in [3.05, 3.63) is 34.3 Å². The first-order chi connectivity index (χ1) is 8.51. The summed E-state index contributed by atoms with van der Waals surface area (Å²) in [4.78, 5) is 11.4. The maximum Gasteiger partial charge on any atom is 0.305 e. The van der Waals surface area contributed by atoms with Gasteiger partial charge in [0, 0.05) is 10.9 Å². The van der Waals surface area contributed by atoms with Gasteiger partial charge in [0.15, 0.2) is 0 Å². The Labute approximate surface area is 116 Å². The molecule has 0 radical (unpaired) electrons. The largest absolute Gasteiger partial charge is 0.466 e. The predicted octanol–water partition coefficient (Wildman–Crippen LogP) is 3.57. The van der Waals surface area contributed by atoms with E-state index in [0.717, 1.165) is 10.0 Å². The van der Waals surface area contributed by atoms with Gasteiger partial charge in [-0.05, 0) is 38.0 Å². The Morgan fingerprint density at radius 3 is 2.56 bits per heavy atom. The third-order valence-corrected chi connectivity index (χ3v) is 3.39. The summed E-state index contributed by atoms with van der Waals surface area (Å²) in [7, 11) is 0. The summed E-state index contributed by atoms with van der Waals surface area (Å²) in [5.41, 5.74) is 0.255. The van der Waals surface area contributed by atoms with Crippen LogP contribution in [0.25, 0.3) is 0 Å². The molecule has 18 heavy (non-hydrogen) atoms. The van der Waals surface area contributed by atoms with Crippen molar-refractivity contribution in [1.29, 1.82) is 5.26 Å². The van der Waals surface area contributed by atoms with E-state index in [1.54, 1.807) is 6.92 Å². The summed E-state index contributed by atoms with van der Waals surface area (Å²) in [6, 6.07) is 9.89. The van der Waals surface area contributed by atoms with Crippen molar-refractivity contribution in [2.75, 3.05) is 6.61 Å². The highest BCUT2D eigenvalue weighted by molar-refractivity contribution is 9.10. The quantitative estimate of drug-likeness (QED) is 0.781. The highest BCUT2D eigenvalue weighted by atomic mass is 79.9. The number of benzene rings is 1. The van der Waals surface area contributed by atoms with E-state index in [1.807, 2.05) is 31.2 Å². The van der Waals surface area contributed by atoms with Crippen LogP contribution < -0.4 is 0 Å². The number of hydrogen-bond acceptors (Lipinski definition) is 3. The van der Waals surface area contributed by atoms with Gasteiger partial charge in [0.05, 0.1) is 18.1 Å². The number of hydrogen-bond donors (Lipinski definition) is 0. The summed E-state index contributed by atoms with van der Waals surface area (Å²) >= 11 is 3.36. The SMILES string of the molecule is CCOC(=O)CCC(C)(C#N)c1ccc(Br)cc1. The van der Waals surface area contributed by atoms with Crippen molar-refractivity contribution in [2.24, 2.45) is 0 Å². The number of ether oxygens (including phenoxy) is 1. The minimum absolute atomic E-state index is 0.254. The molecule has 0 saturated carbocycles. The van der Waals surface area contributed by atoms with Gasteiger partial charge in [0.25, 0.3) is 0 Å². The number of rotatable bonds is 5.